The van der Waals surface area contributed by atoms with Crippen molar-refractivity contribution in [3.8, 4) is 11.1 Å². The quantitative estimate of drug-likeness (QED) is 0.109. The van der Waals surface area contributed by atoms with Crippen LogP contribution in [0.1, 0.15) is 63.7 Å². The lowest BCUT2D eigenvalue weighted by atomic mass is 9.98. The van der Waals surface area contributed by atoms with Crippen molar-refractivity contribution in [2.24, 2.45) is 11.8 Å². The summed E-state index contributed by atoms with van der Waals surface area (Å²) in [6, 6.07) is 16.5. The number of amides is 1. The fraction of sp³-hybridized carbons (Fsp3) is 0.639. The number of hydrogen-bond donors (Lipinski definition) is 10. The van der Waals surface area contributed by atoms with E-state index in [1.54, 1.807) is 0 Å². The van der Waals surface area contributed by atoms with Crippen molar-refractivity contribution in [1.29, 1.82) is 0 Å². The molecular weight excluding hydrogens is 640 g/mol. The summed E-state index contributed by atoms with van der Waals surface area (Å²) in [6.07, 6.45) is -1.50. The van der Waals surface area contributed by atoms with Crippen LogP contribution >= 0.6 is 0 Å². The van der Waals surface area contributed by atoms with Crippen LogP contribution in [0, 0.1) is 11.8 Å². The van der Waals surface area contributed by atoms with Gasteiger partial charge < -0.3 is 30.1 Å². The molecule has 10 unspecified atom stereocenters. The average molecular weight is 699 g/mol. The number of methoxy groups -OCH3 is 2. The molecule has 3 saturated heterocycles. The molecule has 14 heteroatoms. The van der Waals surface area contributed by atoms with E-state index in [2.05, 4.69) is 90.6 Å². The summed E-state index contributed by atoms with van der Waals surface area (Å²) in [5.41, 5.74) is 4.58. The SMILES string of the molecule is COC(O)NC(C(=O)NC1NCC(c2ccc(-c3ccc(C4CNC(C5CCCN5C(O)C(NC(O)OC)C(C)C)N4)cc3)cc2)N1)C(C)C. The molecular formula is C36H58N8O6. The number of ether oxygens (including phenoxy) is 2. The maximum absolute atomic E-state index is 12.9. The topological polar surface area (TPSA) is 184 Å². The summed E-state index contributed by atoms with van der Waals surface area (Å²) in [4.78, 5) is 15.0. The van der Waals surface area contributed by atoms with E-state index in [0.29, 0.717) is 6.54 Å². The maximum Gasteiger partial charge on any atom is 0.239 e. The number of nitrogens with one attached hydrogen (secondary N) is 7. The molecule has 3 fully saturated rings. The van der Waals surface area contributed by atoms with Gasteiger partial charge in [-0.1, -0.05) is 76.2 Å². The Morgan fingerprint density at radius 1 is 0.800 bits per heavy atom. The Balaban J connectivity index is 1.14. The third kappa shape index (κ3) is 9.45. The van der Waals surface area contributed by atoms with E-state index >= 15 is 0 Å². The van der Waals surface area contributed by atoms with Gasteiger partial charge in [-0.3, -0.25) is 41.6 Å². The Morgan fingerprint density at radius 3 is 1.92 bits per heavy atom. The van der Waals surface area contributed by atoms with Crippen LogP contribution in [0.15, 0.2) is 48.5 Å². The van der Waals surface area contributed by atoms with Gasteiger partial charge in [0.25, 0.3) is 0 Å². The Labute approximate surface area is 296 Å². The molecule has 0 aliphatic carbocycles. The van der Waals surface area contributed by atoms with Gasteiger partial charge in [0.05, 0.1) is 18.2 Å². The number of rotatable bonds is 16. The molecule has 10 N–H and O–H groups in total. The first kappa shape index (κ1) is 38.7. The molecule has 1 amide bonds. The van der Waals surface area contributed by atoms with Crippen molar-refractivity contribution in [2.45, 2.75) is 102 Å². The van der Waals surface area contributed by atoms with Crippen LogP contribution in [0.25, 0.3) is 11.1 Å². The van der Waals surface area contributed by atoms with E-state index in [9.17, 15) is 20.1 Å². The molecule has 3 aliphatic rings. The summed E-state index contributed by atoms with van der Waals surface area (Å²) in [6.45, 7) is 10.1. The van der Waals surface area contributed by atoms with Gasteiger partial charge in [-0.05, 0) is 46.9 Å². The second kappa shape index (κ2) is 17.8. The van der Waals surface area contributed by atoms with Gasteiger partial charge in [-0.15, -0.1) is 0 Å². The lowest BCUT2D eigenvalue weighted by molar-refractivity contribution is -0.135. The second-order valence-electron chi connectivity index (χ2n) is 14.3. The Morgan fingerprint density at radius 2 is 1.36 bits per heavy atom. The number of likely N-dealkylation sites (tertiary alicyclic amines) is 1. The summed E-state index contributed by atoms with van der Waals surface area (Å²) < 4.78 is 9.86. The molecule has 3 heterocycles. The Kier molecular flexibility index (Phi) is 13.7. The number of carbonyl (C=O) groups excluding carboxylic acids is 1. The Hall–Kier alpha value is -2.57. The highest BCUT2D eigenvalue weighted by Crippen LogP contribution is 2.30. The standard InChI is InChI=1S/C36H58N8O6/c1-20(2)29(41-35(47)49-5)32(45)43-34-38-19-27(40-34)25-15-11-23(12-16-25)22-9-13-24(14-10-22)26-18-37-31(39-26)28-8-7-17-44(28)33(46)30(21(3)4)42-36(48)50-6/h9-16,20-21,26-31,33-42,46-48H,7-8,17-19H2,1-6H3,(H,43,45). The van der Waals surface area contributed by atoms with E-state index in [0.717, 1.165) is 42.6 Å². The lowest BCUT2D eigenvalue weighted by Crippen LogP contribution is -2.60. The number of carbonyl (C=O) groups is 1. The summed E-state index contributed by atoms with van der Waals surface area (Å²) in [7, 11) is 2.81. The number of nitrogens with zero attached hydrogens (tertiary/aromatic N) is 1. The normalized spacial score (nSPS) is 27.5. The van der Waals surface area contributed by atoms with Gasteiger partial charge >= 0.3 is 0 Å². The number of hydrogen-bond acceptors (Lipinski definition) is 13. The first-order chi connectivity index (χ1) is 24.0. The molecule has 0 radical (unpaired) electrons. The molecule has 14 nitrogen and oxygen atoms in total. The monoisotopic (exact) mass is 698 g/mol. The Bertz CT molecular complexity index is 1350. The molecule has 3 aliphatic heterocycles. The van der Waals surface area contributed by atoms with E-state index in [1.165, 1.54) is 19.8 Å². The molecule has 0 saturated carbocycles. The minimum absolute atomic E-state index is 0.0296. The van der Waals surface area contributed by atoms with Crippen LogP contribution in [-0.2, 0) is 14.3 Å². The highest BCUT2D eigenvalue weighted by Gasteiger charge is 2.42. The molecule has 0 aromatic heterocycles. The first-order valence-corrected chi connectivity index (χ1v) is 17.9. The van der Waals surface area contributed by atoms with Gasteiger partial charge in [0.2, 0.25) is 18.7 Å². The van der Waals surface area contributed by atoms with E-state index in [4.69, 9.17) is 9.47 Å². The van der Waals surface area contributed by atoms with Crippen molar-refractivity contribution < 1.29 is 29.6 Å². The number of aliphatic hydroxyl groups is 3. The third-order valence-corrected chi connectivity index (χ3v) is 10.2. The minimum atomic E-state index is -1.22. The van der Waals surface area contributed by atoms with Gasteiger partial charge in [0.1, 0.15) is 12.5 Å². The second-order valence-corrected chi connectivity index (χ2v) is 14.3. The zero-order valence-corrected chi connectivity index (χ0v) is 30.1. The predicted octanol–water partition coefficient (Wildman–Crippen LogP) is 0.403. The van der Waals surface area contributed by atoms with Crippen molar-refractivity contribution in [3.63, 3.8) is 0 Å². The van der Waals surface area contributed by atoms with E-state index in [1.807, 2.05) is 27.7 Å². The smallest absolute Gasteiger partial charge is 0.239 e. The largest absolute Gasteiger partial charge is 0.377 e. The van der Waals surface area contributed by atoms with Crippen molar-refractivity contribution in [1.82, 2.24) is 42.1 Å². The summed E-state index contributed by atoms with van der Waals surface area (Å²) in [5, 5.41) is 54.1. The third-order valence-electron chi connectivity index (χ3n) is 10.2. The predicted molar refractivity (Wildman–Crippen MR) is 191 cm³/mol. The van der Waals surface area contributed by atoms with Crippen LogP contribution in [0.3, 0.4) is 0 Å². The number of benzene rings is 2. The zero-order chi connectivity index (χ0) is 35.9. The molecule has 2 aromatic carbocycles. The highest BCUT2D eigenvalue weighted by molar-refractivity contribution is 5.82. The molecule has 50 heavy (non-hydrogen) atoms. The molecule has 0 bridgehead atoms. The fourth-order valence-corrected chi connectivity index (χ4v) is 7.31. The van der Waals surface area contributed by atoms with Crippen LogP contribution < -0.4 is 37.2 Å². The minimum Gasteiger partial charge on any atom is -0.377 e. The molecule has 2 aromatic rings. The van der Waals surface area contributed by atoms with Crippen LogP contribution in [0.4, 0.5) is 0 Å². The van der Waals surface area contributed by atoms with E-state index < -0.39 is 31.4 Å². The highest BCUT2D eigenvalue weighted by atomic mass is 16.6. The molecule has 0 spiro atoms. The maximum atomic E-state index is 12.9. The fourth-order valence-electron chi connectivity index (χ4n) is 7.31. The number of aliphatic hydroxyl groups excluding tert-OH is 3. The molecule has 10 atom stereocenters. The van der Waals surface area contributed by atoms with Crippen LogP contribution in [-0.4, -0.2) is 110 Å². The van der Waals surface area contributed by atoms with Gasteiger partial charge in [0.15, 0.2) is 0 Å². The summed E-state index contributed by atoms with van der Waals surface area (Å²) >= 11 is 0. The first-order valence-electron chi connectivity index (χ1n) is 17.9. The molecule has 278 valence electrons. The van der Waals surface area contributed by atoms with Crippen LogP contribution in [0.2, 0.25) is 0 Å². The molecule has 5 rings (SSSR count). The zero-order valence-electron chi connectivity index (χ0n) is 30.1. The average Bonchev–Trinajstić information content (AvgIpc) is 3.90. The van der Waals surface area contributed by atoms with Gasteiger partial charge in [0, 0.05) is 52.0 Å². The van der Waals surface area contributed by atoms with Crippen molar-refractivity contribution >= 4 is 5.91 Å². The van der Waals surface area contributed by atoms with Crippen molar-refractivity contribution in [3.05, 3.63) is 59.7 Å². The van der Waals surface area contributed by atoms with E-state index in [-0.39, 0.29) is 48.1 Å². The lowest BCUT2D eigenvalue weighted by Gasteiger charge is -2.39. The summed E-state index contributed by atoms with van der Waals surface area (Å²) in [5.74, 6) is -0.184. The van der Waals surface area contributed by atoms with Crippen molar-refractivity contribution in [2.75, 3.05) is 33.9 Å². The van der Waals surface area contributed by atoms with Gasteiger partial charge in [-0.2, -0.15) is 0 Å². The van der Waals surface area contributed by atoms with Crippen LogP contribution in [0.5, 0.6) is 0 Å². The van der Waals surface area contributed by atoms with Gasteiger partial charge in [-0.25, -0.2) is 0 Å².